The first kappa shape index (κ1) is 6.11. The molecule has 0 radical (unpaired) electrons. The summed E-state index contributed by atoms with van der Waals surface area (Å²) in [6.07, 6.45) is 1.60. The van der Waals surface area contributed by atoms with Crippen molar-refractivity contribution in [3.05, 3.63) is 0 Å². The number of rotatable bonds is 2. The van der Waals surface area contributed by atoms with Crippen LogP contribution in [0.3, 0.4) is 0 Å². The maximum atomic E-state index is 10.0. The van der Waals surface area contributed by atoms with Gasteiger partial charge in [-0.1, -0.05) is 0 Å². The molecule has 0 heterocycles. The summed E-state index contributed by atoms with van der Waals surface area (Å²) in [5, 5.41) is 0. The molecule has 6 heavy (non-hydrogen) atoms. The lowest BCUT2D eigenvalue weighted by Crippen LogP contribution is -1.93. The normalized spacial score (nSPS) is 14.3. The molecule has 2 nitrogen and oxygen atoms in total. The minimum Gasteiger partial charge on any atom is -0.371 e. The van der Waals surface area contributed by atoms with E-state index in [-0.39, 0.29) is 0 Å². The summed E-state index contributed by atoms with van der Waals surface area (Å²) in [5.41, 5.74) is 0. The molecule has 0 aromatic rings. The van der Waals surface area contributed by atoms with Gasteiger partial charge in [0.1, 0.15) is 5.94 Å². The smallest absolute Gasteiger partial charge is 0.121 e. The van der Waals surface area contributed by atoms with E-state index in [2.05, 4.69) is 4.74 Å². The quantitative estimate of drug-likeness (QED) is 0.496. The number of hydrogen-bond acceptors (Lipinski definition) is 2. The van der Waals surface area contributed by atoms with Gasteiger partial charge in [0.05, 0.1) is 0 Å². The van der Waals surface area contributed by atoms with Crippen LogP contribution < -0.4 is 0 Å². The molecular weight excluding hydrogens is 100 g/mol. The van der Waals surface area contributed by atoms with Crippen molar-refractivity contribution < 1.29 is 8.95 Å². The summed E-state index contributed by atoms with van der Waals surface area (Å²) in [5.74, 6) is 0.347. The summed E-state index contributed by atoms with van der Waals surface area (Å²) < 4.78 is 14.5. The highest BCUT2D eigenvalue weighted by Crippen LogP contribution is 1.70. The molecule has 0 fully saturated rings. The second kappa shape index (κ2) is 3.31. The van der Waals surface area contributed by atoms with Gasteiger partial charge in [-0.25, -0.2) is 0 Å². The van der Waals surface area contributed by atoms with Crippen LogP contribution >= 0.6 is 0 Å². The summed E-state index contributed by atoms with van der Waals surface area (Å²) in [4.78, 5) is 0. The second-order valence-electron chi connectivity index (χ2n) is 0.980. The van der Waals surface area contributed by atoms with Crippen molar-refractivity contribution in [2.45, 2.75) is 0 Å². The van der Waals surface area contributed by atoms with Gasteiger partial charge in [-0.3, -0.25) is 4.21 Å². The molecule has 0 aliphatic carbocycles. The van der Waals surface area contributed by atoms with E-state index in [1.165, 1.54) is 7.11 Å². The molecule has 0 amide bonds. The molecule has 3 heteroatoms. The third-order valence-corrected chi connectivity index (χ3v) is 0.851. The molecule has 38 valence electrons. The Kier molecular flexibility index (Phi) is 3.37. The Morgan fingerprint density at radius 2 is 2.33 bits per heavy atom. The zero-order valence-corrected chi connectivity index (χ0v) is 4.75. The van der Waals surface area contributed by atoms with Crippen LogP contribution in [0.15, 0.2) is 0 Å². The second-order valence-corrected chi connectivity index (χ2v) is 2.36. The van der Waals surface area contributed by atoms with Gasteiger partial charge in [-0.2, -0.15) is 0 Å². The van der Waals surface area contributed by atoms with Gasteiger partial charge >= 0.3 is 0 Å². The van der Waals surface area contributed by atoms with E-state index in [4.69, 9.17) is 0 Å². The van der Waals surface area contributed by atoms with Crippen molar-refractivity contribution in [1.82, 2.24) is 0 Å². The van der Waals surface area contributed by atoms with Crippen LogP contribution in [0.4, 0.5) is 0 Å². The average Bonchev–Trinajstić information content (AvgIpc) is 1.35. The van der Waals surface area contributed by atoms with Crippen molar-refractivity contribution >= 4 is 10.8 Å². The molecule has 0 aliphatic heterocycles. The van der Waals surface area contributed by atoms with E-state index in [1.54, 1.807) is 6.26 Å². The molecule has 0 unspecified atom stereocenters. The molecule has 0 bridgehead atoms. The first-order valence-corrected chi connectivity index (χ1v) is 3.29. The van der Waals surface area contributed by atoms with Crippen LogP contribution in [0.25, 0.3) is 0 Å². The molecule has 0 aromatic carbocycles. The third kappa shape index (κ3) is 4.11. The molecule has 0 rings (SSSR count). The van der Waals surface area contributed by atoms with Crippen LogP contribution in [0.2, 0.25) is 0 Å². The summed E-state index contributed by atoms with van der Waals surface area (Å²) in [6, 6.07) is 0. The van der Waals surface area contributed by atoms with Gasteiger partial charge in [0.2, 0.25) is 0 Å². The summed E-state index contributed by atoms with van der Waals surface area (Å²) in [7, 11) is 0.741. The van der Waals surface area contributed by atoms with Crippen molar-refractivity contribution in [2.75, 3.05) is 19.3 Å². The molecule has 0 saturated carbocycles. The van der Waals surface area contributed by atoms with Gasteiger partial charge in [-0.05, 0) is 0 Å². The van der Waals surface area contributed by atoms with Crippen LogP contribution in [0, 0.1) is 0 Å². The molecule has 0 aromatic heterocycles. The standard InChI is InChI=1S/C3H8O2S/c1-5-3-6(2)4/h3H2,1-2H3/t6-/m0/s1. The highest BCUT2D eigenvalue weighted by molar-refractivity contribution is 7.84. The van der Waals surface area contributed by atoms with Crippen molar-refractivity contribution in [2.24, 2.45) is 0 Å². The van der Waals surface area contributed by atoms with E-state index >= 15 is 0 Å². The van der Waals surface area contributed by atoms with E-state index < -0.39 is 10.8 Å². The van der Waals surface area contributed by atoms with Gasteiger partial charge in [0, 0.05) is 24.2 Å². The van der Waals surface area contributed by atoms with Crippen LogP contribution in [-0.2, 0) is 15.5 Å². The Hall–Kier alpha value is 0.110. The minimum absolute atomic E-state index is 0.347. The first-order chi connectivity index (χ1) is 2.77. The third-order valence-electron chi connectivity index (χ3n) is 0.284. The predicted octanol–water partition coefficient (Wildman–Crippen LogP) is -0.0312. The summed E-state index contributed by atoms with van der Waals surface area (Å²) in [6.45, 7) is 0. The zero-order valence-electron chi connectivity index (χ0n) is 3.93. The Bertz CT molecular complexity index is 52.8. The van der Waals surface area contributed by atoms with Gasteiger partial charge < -0.3 is 4.74 Å². The fraction of sp³-hybridized carbons (Fsp3) is 1.00. The lowest BCUT2D eigenvalue weighted by atomic mass is 11.5. The first-order valence-electron chi connectivity index (χ1n) is 1.56. The maximum Gasteiger partial charge on any atom is 0.121 e. The van der Waals surface area contributed by atoms with Crippen LogP contribution in [0.1, 0.15) is 0 Å². The van der Waals surface area contributed by atoms with E-state index in [0.717, 1.165) is 0 Å². The molecule has 0 aliphatic rings. The van der Waals surface area contributed by atoms with Crippen molar-refractivity contribution in [3.8, 4) is 0 Å². The van der Waals surface area contributed by atoms with Gasteiger partial charge in [0.15, 0.2) is 0 Å². The van der Waals surface area contributed by atoms with Gasteiger partial charge in [-0.15, -0.1) is 0 Å². The van der Waals surface area contributed by atoms with E-state index in [0.29, 0.717) is 5.94 Å². The number of hydrogen-bond donors (Lipinski definition) is 0. The Morgan fingerprint density at radius 3 is 2.33 bits per heavy atom. The van der Waals surface area contributed by atoms with Crippen molar-refractivity contribution in [1.29, 1.82) is 0 Å². The van der Waals surface area contributed by atoms with Crippen LogP contribution in [-0.4, -0.2) is 23.5 Å². The Balaban J connectivity index is 2.83. The highest BCUT2D eigenvalue weighted by Gasteiger charge is 1.80. The highest BCUT2D eigenvalue weighted by atomic mass is 32.2. The number of ether oxygens (including phenoxy) is 1. The largest absolute Gasteiger partial charge is 0.371 e. The average molecular weight is 108 g/mol. The Morgan fingerprint density at radius 1 is 1.83 bits per heavy atom. The zero-order chi connectivity index (χ0) is 4.99. The Labute approximate surface area is 40.0 Å². The number of methoxy groups -OCH3 is 1. The molecular formula is C3H8O2S. The monoisotopic (exact) mass is 108 g/mol. The maximum absolute atomic E-state index is 10.0. The lowest BCUT2D eigenvalue weighted by Gasteiger charge is -1.86. The van der Waals surface area contributed by atoms with Crippen molar-refractivity contribution in [3.63, 3.8) is 0 Å². The predicted molar refractivity (Wildman–Crippen MR) is 25.9 cm³/mol. The molecule has 0 N–H and O–H groups in total. The molecule has 1 atom stereocenters. The van der Waals surface area contributed by atoms with Gasteiger partial charge in [0.25, 0.3) is 0 Å². The topological polar surface area (TPSA) is 26.3 Å². The van der Waals surface area contributed by atoms with E-state index in [9.17, 15) is 4.21 Å². The molecule has 0 spiro atoms. The summed E-state index contributed by atoms with van der Waals surface area (Å²) >= 11 is 0. The minimum atomic E-state index is -0.788. The molecule has 0 saturated heterocycles. The van der Waals surface area contributed by atoms with Crippen LogP contribution in [0.5, 0.6) is 0 Å². The lowest BCUT2D eigenvalue weighted by molar-refractivity contribution is 0.255. The fourth-order valence-corrected chi connectivity index (χ4v) is 0.498. The van der Waals surface area contributed by atoms with E-state index in [1.807, 2.05) is 0 Å². The SMILES string of the molecule is COC[S@](C)=O. The fourth-order valence-electron chi connectivity index (χ4n) is 0.166.